The van der Waals surface area contributed by atoms with Gasteiger partial charge in [-0.25, -0.2) is 9.78 Å². The third-order valence-electron chi connectivity index (χ3n) is 2.41. The number of aryl methyl sites for hydroxylation is 1. The van der Waals surface area contributed by atoms with Gasteiger partial charge in [0.1, 0.15) is 0 Å². The molecule has 0 amide bonds. The Morgan fingerprint density at radius 2 is 2.29 bits per heavy atom. The van der Waals surface area contributed by atoms with Gasteiger partial charge in [0.05, 0.1) is 0 Å². The van der Waals surface area contributed by atoms with Crippen molar-refractivity contribution in [2.24, 2.45) is 0 Å². The van der Waals surface area contributed by atoms with Crippen LogP contribution < -0.4 is 5.32 Å². The highest BCUT2D eigenvalue weighted by atomic mass is 32.1. The lowest BCUT2D eigenvalue weighted by molar-refractivity contribution is 0.0690. The molecular formula is C9H12N2O2S. The average molecular weight is 212 g/mol. The van der Waals surface area contributed by atoms with Crippen LogP contribution in [-0.2, 0) is 0 Å². The number of hydrogen-bond donors (Lipinski definition) is 2. The van der Waals surface area contributed by atoms with Crippen molar-refractivity contribution in [3.8, 4) is 0 Å². The molecule has 0 aliphatic heterocycles. The summed E-state index contributed by atoms with van der Waals surface area (Å²) < 4.78 is 0. The van der Waals surface area contributed by atoms with Crippen LogP contribution in [0.2, 0.25) is 0 Å². The second-order valence-electron chi connectivity index (χ2n) is 3.91. The SMILES string of the molecule is Cc1sc(NC2(C)CC2)nc1C(=O)O. The smallest absolute Gasteiger partial charge is 0.355 e. The van der Waals surface area contributed by atoms with Crippen LogP contribution in [0.5, 0.6) is 0 Å². The first-order chi connectivity index (χ1) is 6.50. The summed E-state index contributed by atoms with van der Waals surface area (Å²) in [7, 11) is 0. The molecule has 0 bridgehead atoms. The summed E-state index contributed by atoms with van der Waals surface area (Å²) >= 11 is 1.41. The molecule has 1 fully saturated rings. The fraction of sp³-hybridized carbons (Fsp3) is 0.556. The molecule has 1 saturated carbocycles. The molecule has 0 aromatic carbocycles. The van der Waals surface area contributed by atoms with Gasteiger partial charge >= 0.3 is 5.97 Å². The number of carboxylic acids is 1. The molecule has 0 atom stereocenters. The number of carboxylic acid groups (broad SMARTS) is 1. The molecule has 0 radical (unpaired) electrons. The van der Waals surface area contributed by atoms with Gasteiger partial charge in [-0.1, -0.05) is 0 Å². The van der Waals surface area contributed by atoms with E-state index >= 15 is 0 Å². The number of anilines is 1. The zero-order valence-corrected chi connectivity index (χ0v) is 8.94. The van der Waals surface area contributed by atoms with Crippen molar-refractivity contribution in [3.05, 3.63) is 10.6 Å². The molecule has 0 unspecified atom stereocenters. The number of carbonyl (C=O) groups is 1. The molecule has 2 N–H and O–H groups in total. The minimum Gasteiger partial charge on any atom is -0.476 e. The minimum absolute atomic E-state index is 0.153. The van der Waals surface area contributed by atoms with E-state index in [4.69, 9.17) is 5.11 Å². The summed E-state index contributed by atoms with van der Waals surface area (Å²) in [6.45, 7) is 3.89. The number of rotatable bonds is 3. The van der Waals surface area contributed by atoms with Crippen LogP contribution in [0.4, 0.5) is 5.13 Å². The van der Waals surface area contributed by atoms with E-state index in [2.05, 4.69) is 17.2 Å². The molecule has 2 rings (SSSR count). The predicted molar refractivity (Wildman–Crippen MR) is 55.1 cm³/mol. The second-order valence-corrected chi connectivity index (χ2v) is 5.12. The quantitative estimate of drug-likeness (QED) is 0.805. The molecular weight excluding hydrogens is 200 g/mol. The Morgan fingerprint density at radius 3 is 2.71 bits per heavy atom. The lowest BCUT2D eigenvalue weighted by atomic mass is 10.3. The maximum Gasteiger partial charge on any atom is 0.355 e. The number of nitrogens with one attached hydrogen (secondary N) is 1. The van der Waals surface area contributed by atoms with Crippen LogP contribution in [0.3, 0.4) is 0 Å². The Balaban J connectivity index is 2.19. The normalized spacial score (nSPS) is 17.9. The van der Waals surface area contributed by atoms with E-state index in [1.165, 1.54) is 11.3 Å². The summed E-state index contributed by atoms with van der Waals surface area (Å²) in [6.07, 6.45) is 2.27. The molecule has 14 heavy (non-hydrogen) atoms. The van der Waals surface area contributed by atoms with Gasteiger partial charge in [0.15, 0.2) is 10.8 Å². The Kier molecular flexibility index (Phi) is 1.99. The van der Waals surface area contributed by atoms with Crippen molar-refractivity contribution in [1.29, 1.82) is 0 Å². The summed E-state index contributed by atoms with van der Waals surface area (Å²) in [5.41, 5.74) is 0.321. The second kappa shape index (κ2) is 2.95. The largest absolute Gasteiger partial charge is 0.476 e. The van der Waals surface area contributed by atoms with E-state index in [1.54, 1.807) is 6.92 Å². The van der Waals surface area contributed by atoms with Gasteiger partial charge in [-0.05, 0) is 26.7 Å². The zero-order valence-electron chi connectivity index (χ0n) is 8.13. The van der Waals surface area contributed by atoms with Crippen molar-refractivity contribution in [2.75, 3.05) is 5.32 Å². The highest BCUT2D eigenvalue weighted by Gasteiger charge is 2.38. The fourth-order valence-corrected chi connectivity index (χ4v) is 2.17. The minimum atomic E-state index is -0.951. The van der Waals surface area contributed by atoms with Crippen LogP contribution in [0.15, 0.2) is 0 Å². The third-order valence-corrected chi connectivity index (χ3v) is 3.29. The summed E-state index contributed by atoms with van der Waals surface area (Å²) in [4.78, 5) is 15.5. The molecule has 4 nitrogen and oxygen atoms in total. The number of hydrogen-bond acceptors (Lipinski definition) is 4. The first-order valence-electron chi connectivity index (χ1n) is 4.49. The molecule has 1 aliphatic rings. The highest BCUT2D eigenvalue weighted by Crippen LogP contribution is 2.39. The molecule has 5 heteroatoms. The average Bonchev–Trinajstić information content (AvgIpc) is 2.65. The lowest BCUT2D eigenvalue weighted by Gasteiger charge is -2.08. The Labute approximate surface area is 86.0 Å². The van der Waals surface area contributed by atoms with Gasteiger partial charge in [-0.15, -0.1) is 11.3 Å². The molecule has 1 aromatic heterocycles. The number of thiazole rings is 1. The van der Waals surface area contributed by atoms with Crippen molar-refractivity contribution in [2.45, 2.75) is 32.2 Å². The topological polar surface area (TPSA) is 62.2 Å². The molecule has 1 heterocycles. The van der Waals surface area contributed by atoms with Crippen molar-refractivity contribution < 1.29 is 9.90 Å². The molecule has 0 spiro atoms. The van der Waals surface area contributed by atoms with Crippen LogP contribution in [0, 0.1) is 6.92 Å². The number of aromatic nitrogens is 1. The molecule has 0 saturated heterocycles. The van der Waals surface area contributed by atoms with Crippen molar-refractivity contribution in [3.63, 3.8) is 0 Å². The van der Waals surface area contributed by atoms with Crippen LogP contribution in [0.1, 0.15) is 35.1 Å². The lowest BCUT2D eigenvalue weighted by Crippen LogP contribution is -2.15. The van der Waals surface area contributed by atoms with Crippen molar-refractivity contribution in [1.82, 2.24) is 4.98 Å². The van der Waals surface area contributed by atoms with Crippen molar-refractivity contribution >= 4 is 22.4 Å². The maximum atomic E-state index is 10.7. The third kappa shape index (κ3) is 1.72. The van der Waals surface area contributed by atoms with E-state index in [0.29, 0.717) is 0 Å². The fourth-order valence-electron chi connectivity index (χ4n) is 1.22. The number of aromatic carboxylic acids is 1. The van der Waals surface area contributed by atoms with Gasteiger partial charge in [0, 0.05) is 10.4 Å². The summed E-state index contributed by atoms with van der Waals surface area (Å²) in [5.74, 6) is -0.951. The van der Waals surface area contributed by atoms with Gasteiger partial charge in [0.2, 0.25) is 0 Å². The van der Waals surface area contributed by atoms with E-state index in [0.717, 1.165) is 22.9 Å². The van der Waals surface area contributed by atoms with Gasteiger partial charge in [-0.3, -0.25) is 0 Å². The van der Waals surface area contributed by atoms with Crippen LogP contribution in [0.25, 0.3) is 0 Å². The van der Waals surface area contributed by atoms with Gasteiger partial charge in [0.25, 0.3) is 0 Å². The summed E-state index contributed by atoms with van der Waals surface area (Å²) in [6, 6.07) is 0. The first kappa shape index (κ1) is 9.45. The van der Waals surface area contributed by atoms with Gasteiger partial charge in [-0.2, -0.15) is 0 Å². The summed E-state index contributed by atoms with van der Waals surface area (Å²) in [5, 5.41) is 12.8. The van der Waals surface area contributed by atoms with Crippen LogP contribution in [-0.4, -0.2) is 21.6 Å². The van der Waals surface area contributed by atoms with Crippen LogP contribution >= 0.6 is 11.3 Å². The maximum absolute atomic E-state index is 10.7. The molecule has 1 aromatic rings. The van der Waals surface area contributed by atoms with E-state index < -0.39 is 5.97 Å². The molecule has 1 aliphatic carbocycles. The monoisotopic (exact) mass is 212 g/mol. The van der Waals surface area contributed by atoms with E-state index in [1.807, 2.05) is 0 Å². The Morgan fingerprint density at radius 1 is 1.64 bits per heavy atom. The molecule has 76 valence electrons. The highest BCUT2D eigenvalue weighted by molar-refractivity contribution is 7.15. The first-order valence-corrected chi connectivity index (χ1v) is 5.31. The standard InChI is InChI=1S/C9H12N2O2S/c1-5-6(7(12)13)10-8(14-5)11-9(2)3-4-9/h3-4H2,1-2H3,(H,10,11)(H,12,13). The Hall–Kier alpha value is -1.10. The van der Waals surface area contributed by atoms with E-state index in [9.17, 15) is 4.79 Å². The Bertz CT molecular complexity index is 382. The number of nitrogens with zero attached hydrogens (tertiary/aromatic N) is 1. The van der Waals surface area contributed by atoms with E-state index in [-0.39, 0.29) is 11.2 Å². The zero-order chi connectivity index (χ0) is 10.3. The van der Waals surface area contributed by atoms with Gasteiger partial charge < -0.3 is 10.4 Å². The predicted octanol–water partition coefficient (Wildman–Crippen LogP) is 2.11.